The zero-order valence-electron chi connectivity index (χ0n) is 5.91. The van der Waals surface area contributed by atoms with Crippen LogP contribution in [0.3, 0.4) is 0 Å². The topological polar surface area (TPSA) is 12.0 Å². The van der Waals surface area contributed by atoms with Crippen LogP contribution in [0.25, 0.3) is 0 Å². The molecule has 0 saturated carbocycles. The van der Waals surface area contributed by atoms with Crippen LogP contribution in [0, 0.1) is 6.54 Å². The number of nitrogens with one attached hydrogen (secondary N) is 1. The number of hydrogen-bond acceptors (Lipinski definition) is 1. The first-order chi connectivity index (χ1) is 3.91. The van der Waals surface area contributed by atoms with Gasteiger partial charge in [0.1, 0.15) is 0 Å². The SMILES string of the molecule is CCC[CH]NCCC. The highest BCUT2D eigenvalue weighted by Gasteiger charge is 1.81. The van der Waals surface area contributed by atoms with Crippen molar-refractivity contribution in [2.45, 2.75) is 33.1 Å². The van der Waals surface area contributed by atoms with Gasteiger partial charge in [0.25, 0.3) is 0 Å². The van der Waals surface area contributed by atoms with Crippen LogP contribution >= 0.6 is 0 Å². The molecule has 0 aromatic heterocycles. The Labute approximate surface area is 52.5 Å². The second-order valence-electron chi connectivity index (χ2n) is 1.95. The summed E-state index contributed by atoms with van der Waals surface area (Å²) in [5.41, 5.74) is 0. The zero-order valence-corrected chi connectivity index (χ0v) is 5.91. The molecular weight excluding hydrogens is 98.1 g/mol. The van der Waals surface area contributed by atoms with Gasteiger partial charge < -0.3 is 5.32 Å². The Morgan fingerprint density at radius 1 is 1.25 bits per heavy atom. The van der Waals surface area contributed by atoms with Crippen LogP contribution < -0.4 is 5.32 Å². The highest BCUT2D eigenvalue weighted by Crippen LogP contribution is 1.86. The summed E-state index contributed by atoms with van der Waals surface area (Å²) in [7, 11) is 0. The first-order valence-corrected chi connectivity index (χ1v) is 3.46. The van der Waals surface area contributed by atoms with Crippen molar-refractivity contribution in [2.24, 2.45) is 0 Å². The Bertz CT molecular complexity index is 29.4. The second kappa shape index (κ2) is 6.96. The fourth-order valence-electron chi connectivity index (χ4n) is 0.493. The number of unbranched alkanes of at least 4 members (excludes halogenated alkanes) is 1. The largest absolute Gasteiger partial charge is 0.312 e. The normalized spacial score (nSPS) is 9.75. The summed E-state index contributed by atoms with van der Waals surface area (Å²) >= 11 is 0. The Morgan fingerprint density at radius 3 is 2.50 bits per heavy atom. The van der Waals surface area contributed by atoms with Gasteiger partial charge in [0, 0.05) is 6.54 Å². The molecule has 0 aromatic carbocycles. The summed E-state index contributed by atoms with van der Waals surface area (Å²) in [6.07, 6.45) is 3.66. The third-order valence-electron chi connectivity index (χ3n) is 0.972. The predicted molar refractivity (Wildman–Crippen MR) is 37.5 cm³/mol. The van der Waals surface area contributed by atoms with Gasteiger partial charge in [0.15, 0.2) is 0 Å². The van der Waals surface area contributed by atoms with E-state index in [1.54, 1.807) is 0 Å². The summed E-state index contributed by atoms with van der Waals surface area (Å²) in [6, 6.07) is 0. The molecule has 1 radical (unpaired) electrons. The lowest BCUT2D eigenvalue weighted by atomic mass is 10.3. The van der Waals surface area contributed by atoms with Crippen LogP contribution in [-0.2, 0) is 0 Å². The lowest BCUT2D eigenvalue weighted by Gasteiger charge is -1.97. The van der Waals surface area contributed by atoms with E-state index in [1.165, 1.54) is 19.3 Å². The van der Waals surface area contributed by atoms with Crippen molar-refractivity contribution in [3.63, 3.8) is 0 Å². The van der Waals surface area contributed by atoms with Gasteiger partial charge in [-0.2, -0.15) is 0 Å². The van der Waals surface area contributed by atoms with Gasteiger partial charge in [0.05, 0.1) is 0 Å². The van der Waals surface area contributed by atoms with Crippen LogP contribution in [-0.4, -0.2) is 6.54 Å². The van der Waals surface area contributed by atoms with E-state index in [0.717, 1.165) is 6.54 Å². The molecule has 0 spiro atoms. The van der Waals surface area contributed by atoms with Crippen molar-refractivity contribution in [3.05, 3.63) is 6.54 Å². The monoisotopic (exact) mass is 114 g/mol. The average molecular weight is 114 g/mol. The highest BCUT2D eigenvalue weighted by atomic mass is 14.8. The molecule has 49 valence electrons. The molecular formula is C7H16N. The van der Waals surface area contributed by atoms with E-state index in [2.05, 4.69) is 25.7 Å². The molecule has 0 atom stereocenters. The summed E-state index contributed by atoms with van der Waals surface area (Å²) in [5, 5.41) is 3.21. The smallest absolute Gasteiger partial charge is 0.0221 e. The zero-order chi connectivity index (χ0) is 6.24. The van der Waals surface area contributed by atoms with Crippen LogP contribution in [0.4, 0.5) is 0 Å². The molecule has 0 heterocycles. The Morgan fingerprint density at radius 2 is 2.00 bits per heavy atom. The van der Waals surface area contributed by atoms with Crippen molar-refractivity contribution < 1.29 is 0 Å². The molecule has 0 aliphatic heterocycles. The van der Waals surface area contributed by atoms with Gasteiger partial charge in [0.2, 0.25) is 0 Å². The van der Waals surface area contributed by atoms with E-state index in [0.29, 0.717) is 0 Å². The van der Waals surface area contributed by atoms with Gasteiger partial charge >= 0.3 is 0 Å². The lowest BCUT2D eigenvalue weighted by molar-refractivity contribution is 0.709. The average Bonchev–Trinajstić information content (AvgIpc) is 1.81. The maximum atomic E-state index is 3.21. The van der Waals surface area contributed by atoms with Crippen LogP contribution in [0.2, 0.25) is 0 Å². The van der Waals surface area contributed by atoms with Crippen LogP contribution in [0.1, 0.15) is 33.1 Å². The van der Waals surface area contributed by atoms with E-state index in [9.17, 15) is 0 Å². The lowest BCUT2D eigenvalue weighted by Crippen LogP contribution is -2.09. The van der Waals surface area contributed by atoms with Crippen molar-refractivity contribution in [1.29, 1.82) is 0 Å². The van der Waals surface area contributed by atoms with Crippen molar-refractivity contribution >= 4 is 0 Å². The molecule has 0 unspecified atom stereocenters. The Balaban J connectivity index is 2.53. The van der Waals surface area contributed by atoms with Gasteiger partial charge in [-0.15, -0.1) is 0 Å². The molecule has 8 heavy (non-hydrogen) atoms. The minimum atomic E-state index is 1.12. The number of rotatable bonds is 5. The third-order valence-corrected chi connectivity index (χ3v) is 0.972. The molecule has 0 aliphatic carbocycles. The van der Waals surface area contributed by atoms with E-state index in [4.69, 9.17) is 0 Å². The standard InChI is InChI=1S/C7H16N/c1-3-5-7-8-6-4-2/h7-8H,3-6H2,1-2H3. The van der Waals surface area contributed by atoms with E-state index in [1.807, 2.05) is 0 Å². The first-order valence-electron chi connectivity index (χ1n) is 3.46. The number of hydrogen-bond donors (Lipinski definition) is 1. The van der Waals surface area contributed by atoms with Crippen molar-refractivity contribution in [3.8, 4) is 0 Å². The molecule has 1 N–H and O–H groups in total. The summed E-state index contributed by atoms with van der Waals surface area (Å²) < 4.78 is 0. The molecule has 0 amide bonds. The maximum absolute atomic E-state index is 3.21. The highest BCUT2D eigenvalue weighted by molar-refractivity contribution is 4.58. The minimum absolute atomic E-state index is 1.12. The van der Waals surface area contributed by atoms with Gasteiger partial charge in [-0.25, -0.2) is 0 Å². The Hall–Kier alpha value is -0.0400. The first kappa shape index (κ1) is 7.96. The van der Waals surface area contributed by atoms with Gasteiger partial charge in [-0.3, -0.25) is 0 Å². The van der Waals surface area contributed by atoms with Gasteiger partial charge in [-0.1, -0.05) is 20.3 Å². The second-order valence-corrected chi connectivity index (χ2v) is 1.95. The molecule has 0 rings (SSSR count). The predicted octanol–water partition coefficient (Wildman–Crippen LogP) is 1.95. The summed E-state index contributed by atoms with van der Waals surface area (Å²) in [5.74, 6) is 0. The molecule has 1 heteroatoms. The molecule has 0 aromatic rings. The van der Waals surface area contributed by atoms with Crippen LogP contribution in [0.5, 0.6) is 0 Å². The summed E-state index contributed by atoms with van der Waals surface area (Å²) in [6.45, 7) is 7.63. The molecule has 0 bridgehead atoms. The third kappa shape index (κ3) is 5.96. The van der Waals surface area contributed by atoms with Crippen molar-refractivity contribution in [1.82, 2.24) is 5.32 Å². The molecule has 0 saturated heterocycles. The minimum Gasteiger partial charge on any atom is -0.312 e. The molecule has 0 aliphatic rings. The quantitative estimate of drug-likeness (QED) is 0.539. The fourth-order valence-corrected chi connectivity index (χ4v) is 0.493. The fraction of sp³-hybridized carbons (Fsp3) is 0.857. The van der Waals surface area contributed by atoms with E-state index >= 15 is 0 Å². The molecule has 1 nitrogen and oxygen atoms in total. The van der Waals surface area contributed by atoms with Crippen LogP contribution in [0.15, 0.2) is 0 Å². The Kier molecular flexibility index (Phi) is 6.93. The maximum Gasteiger partial charge on any atom is 0.0221 e. The summed E-state index contributed by atoms with van der Waals surface area (Å²) in [4.78, 5) is 0. The van der Waals surface area contributed by atoms with Crippen molar-refractivity contribution in [2.75, 3.05) is 6.54 Å². The molecule has 0 fully saturated rings. The van der Waals surface area contributed by atoms with E-state index in [-0.39, 0.29) is 0 Å². The van der Waals surface area contributed by atoms with Gasteiger partial charge in [-0.05, 0) is 19.4 Å². The van der Waals surface area contributed by atoms with E-state index < -0.39 is 0 Å².